The topological polar surface area (TPSA) is 81.8 Å². The first-order chi connectivity index (χ1) is 13.2. The Hall–Kier alpha value is -3.24. The van der Waals surface area contributed by atoms with Crippen LogP contribution >= 0.6 is 11.6 Å². The van der Waals surface area contributed by atoms with Gasteiger partial charge in [0.1, 0.15) is 11.9 Å². The minimum absolute atomic E-state index is 0.462. The van der Waals surface area contributed by atoms with Crippen molar-refractivity contribution in [3.8, 4) is 17.3 Å². The molecule has 1 saturated heterocycles. The molecule has 4 rings (SSSR count). The van der Waals surface area contributed by atoms with Crippen molar-refractivity contribution in [3.63, 3.8) is 0 Å². The number of rotatable bonds is 3. The Morgan fingerprint density at radius 3 is 2.41 bits per heavy atom. The molecule has 7 nitrogen and oxygen atoms in total. The third-order valence-corrected chi connectivity index (χ3v) is 4.71. The summed E-state index contributed by atoms with van der Waals surface area (Å²) in [6.45, 7) is 3.03. The van der Waals surface area contributed by atoms with Gasteiger partial charge in [-0.1, -0.05) is 11.6 Å². The summed E-state index contributed by atoms with van der Waals surface area (Å²) in [7, 11) is 0. The molecule has 0 saturated carbocycles. The Kier molecular flexibility index (Phi) is 4.81. The van der Waals surface area contributed by atoms with Gasteiger partial charge < -0.3 is 9.80 Å². The lowest BCUT2D eigenvalue weighted by Crippen LogP contribution is -2.47. The molecular weight excluding hydrogens is 362 g/mol. The highest BCUT2D eigenvalue weighted by molar-refractivity contribution is 6.33. The Balaban J connectivity index is 1.48. The highest BCUT2D eigenvalue weighted by Crippen LogP contribution is 2.26. The van der Waals surface area contributed by atoms with Gasteiger partial charge in [-0.3, -0.25) is 4.98 Å². The minimum atomic E-state index is 0.462. The summed E-state index contributed by atoms with van der Waals surface area (Å²) in [6, 6.07) is 9.47. The van der Waals surface area contributed by atoms with E-state index in [0.717, 1.165) is 37.4 Å². The van der Waals surface area contributed by atoms with Crippen molar-refractivity contribution in [3.05, 3.63) is 59.6 Å². The Labute approximate surface area is 161 Å². The predicted molar refractivity (Wildman–Crippen MR) is 104 cm³/mol. The molecule has 0 N–H and O–H groups in total. The summed E-state index contributed by atoms with van der Waals surface area (Å²) in [5, 5.41) is 9.44. The number of piperazine rings is 1. The van der Waals surface area contributed by atoms with E-state index in [1.165, 1.54) is 0 Å². The van der Waals surface area contributed by atoms with Crippen LogP contribution in [0.15, 0.2) is 49.1 Å². The fourth-order valence-electron chi connectivity index (χ4n) is 3.03. The van der Waals surface area contributed by atoms with Crippen LogP contribution in [0, 0.1) is 11.3 Å². The van der Waals surface area contributed by atoms with Crippen LogP contribution < -0.4 is 9.80 Å². The predicted octanol–water partition coefficient (Wildman–Crippen LogP) is 2.79. The van der Waals surface area contributed by atoms with Crippen molar-refractivity contribution in [1.82, 2.24) is 19.9 Å². The number of nitriles is 1. The van der Waals surface area contributed by atoms with Crippen molar-refractivity contribution >= 4 is 23.4 Å². The number of aromatic nitrogens is 4. The second-order valence-corrected chi connectivity index (χ2v) is 6.50. The Morgan fingerprint density at radius 2 is 1.70 bits per heavy atom. The van der Waals surface area contributed by atoms with E-state index in [4.69, 9.17) is 21.8 Å². The fraction of sp³-hybridized carbons (Fsp3) is 0.211. The van der Waals surface area contributed by atoms with Crippen LogP contribution in [0.1, 0.15) is 5.56 Å². The lowest BCUT2D eigenvalue weighted by Gasteiger charge is -2.35. The second kappa shape index (κ2) is 7.56. The molecule has 0 atom stereocenters. The SMILES string of the molecule is N#Cc1cnc(N2CCN(c3nccc(-c4ccncc4)n3)CC2)c(Cl)c1. The van der Waals surface area contributed by atoms with Crippen molar-refractivity contribution in [2.75, 3.05) is 36.0 Å². The number of halogens is 1. The maximum atomic E-state index is 8.94. The van der Waals surface area contributed by atoms with E-state index in [0.29, 0.717) is 22.4 Å². The summed E-state index contributed by atoms with van der Waals surface area (Å²) < 4.78 is 0. The van der Waals surface area contributed by atoms with Crippen molar-refractivity contribution < 1.29 is 0 Å². The van der Waals surface area contributed by atoms with E-state index in [1.54, 1.807) is 30.9 Å². The molecule has 1 aliphatic heterocycles. The van der Waals surface area contributed by atoms with E-state index in [1.807, 2.05) is 18.2 Å². The number of nitrogens with zero attached hydrogens (tertiary/aromatic N) is 7. The number of hydrogen-bond donors (Lipinski definition) is 0. The van der Waals surface area contributed by atoms with Gasteiger partial charge in [0.2, 0.25) is 5.95 Å². The van der Waals surface area contributed by atoms with Crippen LogP contribution in [0.25, 0.3) is 11.3 Å². The molecule has 3 aromatic heterocycles. The maximum absolute atomic E-state index is 8.94. The van der Waals surface area contributed by atoms with Gasteiger partial charge in [-0.2, -0.15) is 5.26 Å². The lowest BCUT2D eigenvalue weighted by atomic mass is 10.2. The summed E-state index contributed by atoms with van der Waals surface area (Å²) in [4.78, 5) is 21.8. The Morgan fingerprint density at radius 1 is 0.963 bits per heavy atom. The zero-order chi connectivity index (χ0) is 18.6. The molecule has 134 valence electrons. The molecule has 0 radical (unpaired) electrons. The van der Waals surface area contributed by atoms with Gasteiger partial charge >= 0.3 is 0 Å². The van der Waals surface area contributed by atoms with Gasteiger partial charge in [-0.05, 0) is 24.3 Å². The largest absolute Gasteiger partial charge is 0.352 e. The summed E-state index contributed by atoms with van der Waals surface area (Å²) in [5.41, 5.74) is 2.35. The summed E-state index contributed by atoms with van der Waals surface area (Å²) in [6.07, 6.45) is 6.84. The quantitative estimate of drug-likeness (QED) is 0.694. The van der Waals surface area contributed by atoms with Gasteiger partial charge in [-0.25, -0.2) is 15.0 Å². The Bertz CT molecular complexity index is 979. The van der Waals surface area contributed by atoms with Crippen LogP contribution in [0.5, 0.6) is 0 Å². The van der Waals surface area contributed by atoms with Gasteiger partial charge in [0.25, 0.3) is 0 Å². The van der Waals surface area contributed by atoms with Crippen LogP contribution in [-0.4, -0.2) is 46.1 Å². The highest BCUT2D eigenvalue weighted by atomic mass is 35.5. The first-order valence-electron chi connectivity index (χ1n) is 8.53. The number of hydrogen-bond acceptors (Lipinski definition) is 7. The van der Waals surface area contributed by atoms with Crippen molar-refractivity contribution in [1.29, 1.82) is 5.26 Å². The molecule has 3 aromatic rings. The molecule has 0 aliphatic carbocycles. The monoisotopic (exact) mass is 377 g/mol. The number of anilines is 2. The van der Waals surface area contributed by atoms with Crippen molar-refractivity contribution in [2.45, 2.75) is 0 Å². The van der Waals surface area contributed by atoms with Crippen molar-refractivity contribution in [2.24, 2.45) is 0 Å². The van der Waals surface area contributed by atoms with Gasteiger partial charge in [0.15, 0.2) is 0 Å². The molecule has 8 heteroatoms. The third kappa shape index (κ3) is 3.66. The molecule has 27 heavy (non-hydrogen) atoms. The molecule has 1 fully saturated rings. The number of pyridine rings is 2. The van der Waals surface area contributed by atoms with E-state index >= 15 is 0 Å². The van der Waals surface area contributed by atoms with Gasteiger partial charge in [0, 0.05) is 56.5 Å². The smallest absolute Gasteiger partial charge is 0.225 e. The molecule has 4 heterocycles. The molecule has 0 aromatic carbocycles. The van der Waals surface area contributed by atoms with E-state index in [2.05, 4.69) is 30.8 Å². The highest BCUT2D eigenvalue weighted by Gasteiger charge is 2.22. The zero-order valence-corrected chi connectivity index (χ0v) is 15.2. The van der Waals surface area contributed by atoms with E-state index in [9.17, 15) is 0 Å². The fourth-order valence-corrected chi connectivity index (χ4v) is 3.31. The van der Waals surface area contributed by atoms with Crippen LogP contribution in [0.2, 0.25) is 5.02 Å². The van der Waals surface area contributed by atoms with E-state index in [-0.39, 0.29) is 0 Å². The molecule has 0 unspecified atom stereocenters. The zero-order valence-electron chi connectivity index (χ0n) is 14.5. The molecule has 0 spiro atoms. The molecule has 1 aliphatic rings. The first kappa shape index (κ1) is 17.2. The van der Waals surface area contributed by atoms with Crippen LogP contribution in [0.3, 0.4) is 0 Å². The van der Waals surface area contributed by atoms with Crippen LogP contribution in [-0.2, 0) is 0 Å². The standard InChI is InChI=1S/C19H16ClN7/c20-16-11-14(12-21)13-24-18(16)26-7-9-27(10-8-26)19-23-6-3-17(25-19)15-1-4-22-5-2-15/h1-6,11,13H,7-10H2. The first-order valence-corrected chi connectivity index (χ1v) is 8.91. The average Bonchev–Trinajstić information content (AvgIpc) is 2.74. The van der Waals surface area contributed by atoms with Gasteiger partial charge in [0.05, 0.1) is 16.3 Å². The third-order valence-electron chi connectivity index (χ3n) is 4.43. The molecular formula is C19H16ClN7. The molecule has 0 bridgehead atoms. The molecule has 0 amide bonds. The van der Waals surface area contributed by atoms with Crippen LogP contribution in [0.4, 0.5) is 11.8 Å². The minimum Gasteiger partial charge on any atom is -0.352 e. The summed E-state index contributed by atoms with van der Waals surface area (Å²) >= 11 is 6.28. The average molecular weight is 378 g/mol. The lowest BCUT2D eigenvalue weighted by molar-refractivity contribution is 0.635. The summed E-state index contributed by atoms with van der Waals surface area (Å²) in [5.74, 6) is 1.42. The second-order valence-electron chi connectivity index (χ2n) is 6.09. The maximum Gasteiger partial charge on any atom is 0.225 e. The van der Waals surface area contributed by atoms with E-state index < -0.39 is 0 Å². The van der Waals surface area contributed by atoms with Gasteiger partial charge in [-0.15, -0.1) is 0 Å². The normalized spacial score (nSPS) is 14.1.